The van der Waals surface area contributed by atoms with Gasteiger partial charge < -0.3 is 9.84 Å². The van der Waals surface area contributed by atoms with Crippen molar-refractivity contribution in [2.45, 2.75) is 13.3 Å². The van der Waals surface area contributed by atoms with Crippen LogP contribution in [0.2, 0.25) is 0 Å². The molecule has 0 bridgehead atoms. The lowest BCUT2D eigenvalue weighted by Crippen LogP contribution is -2.04. The highest BCUT2D eigenvalue weighted by atomic mass is 16.5. The van der Waals surface area contributed by atoms with Gasteiger partial charge in [0, 0.05) is 18.7 Å². The van der Waals surface area contributed by atoms with E-state index in [1.54, 1.807) is 13.0 Å². The fourth-order valence-corrected chi connectivity index (χ4v) is 0.891. The molecule has 1 rings (SSSR count). The molecule has 0 unspecified atom stereocenters. The van der Waals surface area contributed by atoms with Crippen LogP contribution in [0.3, 0.4) is 0 Å². The first-order chi connectivity index (χ1) is 6.76. The lowest BCUT2D eigenvalue weighted by Gasteiger charge is -2.03. The van der Waals surface area contributed by atoms with Gasteiger partial charge in [-0.2, -0.15) is 10.2 Å². The molecule has 5 nitrogen and oxygen atoms in total. The zero-order valence-corrected chi connectivity index (χ0v) is 7.90. The lowest BCUT2D eigenvalue weighted by molar-refractivity contribution is 0.224. The van der Waals surface area contributed by atoms with Gasteiger partial charge in [-0.3, -0.25) is 0 Å². The molecular formula is C9H11N3O2. The molecule has 1 heterocycles. The summed E-state index contributed by atoms with van der Waals surface area (Å²) in [5, 5.41) is 17.1. The summed E-state index contributed by atoms with van der Waals surface area (Å²) in [6.45, 7) is 2.18. The minimum atomic E-state index is 0.0664. The monoisotopic (exact) mass is 193 g/mol. The molecule has 0 spiro atoms. The summed E-state index contributed by atoms with van der Waals surface area (Å²) in [6, 6.07) is 3.69. The number of nitrogens with zero attached hydrogens (tertiary/aromatic N) is 3. The van der Waals surface area contributed by atoms with Crippen LogP contribution in [-0.4, -0.2) is 28.3 Å². The van der Waals surface area contributed by atoms with E-state index in [0.717, 1.165) is 0 Å². The fourth-order valence-electron chi connectivity index (χ4n) is 0.891. The van der Waals surface area contributed by atoms with E-state index in [1.165, 1.54) is 0 Å². The van der Waals surface area contributed by atoms with E-state index < -0.39 is 0 Å². The third-order valence-corrected chi connectivity index (χ3v) is 1.48. The van der Waals surface area contributed by atoms with Crippen molar-refractivity contribution in [3.8, 4) is 12.1 Å². The zero-order chi connectivity index (χ0) is 10.4. The second-order valence-corrected chi connectivity index (χ2v) is 2.71. The molecule has 0 amide bonds. The van der Waals surface area contributed by atoms with Gasteiger partial charge in [-0.05, 0) is 13.0 Å². The minimum absolute atomic E-state index is 0.0664. The summed E-state index contributed by atoms with van der Waals surface area (Å²) in [7, 11) is 0. The molecule has 1 N–H and O–H groups in total. The number of aromatic nitrogens is 2. The molecule has 0 atom stereocenters. The Kier molecular flexibility index (Phi) is 3.83. The number of hydrogen-bond acceptors (Lipinski definition) is 5. The molecule has 0 aliphatic carbocycles. The Morgan fingerprint density at radius 3 is 3.00 bits per heavy atom. The molecule has 0 saturated carbocycles. The SMILES string of the molecule is Cc1cc(C#N)nc(OCCCO)n1. The molecule has 5 heteroatoms. The maximum absolute atomic E-state index is 8.62. The molecule has 0 aromatic carbocycles. The summed E-state index contributed by atoms with van der Waals surface area (Å²) in [4.78, 5) is 7.84. The Balaban J connectivity index is 2.68. The fraction of sp³-hybridized carbons (Fsp3) is 0.444. The highest BCUT2D eigenvalue weighted by molar-refractivity contribution is 5.23. The van der Waals surface area contributed by atoms with Crippen LogP contribution in [0.25, 0.3) is 0 Å². The highest BCUT2D eigenvalue weighted by Crippen LogP contribution is 2.06. The van der Waals surface area contributed by atoms with Crippen LogP contribution >= 0.6 is 0 Å². The van der Waals surface area contributed by atoms with Gasteiger partial charge in [-0.1, -0.05) is 0 Å². The predicted octanol–water partition coefficient (Wildman–Crippen LogP) is 0.418. The number of aryl methyl sites for hydroxylation is 1. The lowest BCUT2D eigenvalue weighted by atomic mass is 10.3. The van der Waals surface area contributed by atoms with E-state index in [1.807, 2.05) is 6.07 Å². The average Bonchev–Trinajstić information content (AvgIpc) is 2.17. The van der Waals surface area contributed by atoms with Gasteiger partial charge in [0.05, 0.1) is 6.61 Å². The van der Waals surface area contributed by atoms with Gasteiger partial charge in [0.1, 0.15) is 11.8 Å². The van der Waals surface area contributed by atoms with E-state index in [9.17, 15) is 0 Å². The topological polar surface area (TPSA) is 79.0 Å². The molecule has 0 aliphatic rings. The van der Waals surface area contributed by atoms with Crippen molar-refractivity contribution in [2.24, 2.45) is 0 Å². The first-order valence-electron chi connectivity index (χ1n) is 4.25. The van der Waals surface area contributed by atoms with E-state index >= 15 is 0 Å². The van der Waals surface area contributed by atoms with Crippen LogP contribution < -0.4 is 4.74 Å². The number of rotatable bonds is 4. The number of nitriles is 1. The molecule has 0 saturated heterocycles. The van der Waals surface area contributed by atoms with Crippen LogP contribution in [0.4, 0.5) is 0 Å². The van der Waals surface area contributed by atoms with Gasteiger partial charge in [0.25, 0.3) is 0 Å². The van der Waals surface area contributed by atoms with Crippen LogP contribution in [0.1, 0.15) is 17.8 Å². The van der Waals surface area contributed by atoms with Crippen LogP contribution in [0.15, 0.2) is 6.07 Å². The molecule has 74 valence electrons. The summed E-state index contributed by atoms with van der Waals surface area (Å²) >= 11 is 0. The molecule has 1 aromatic rings. The molecule has 0 fully saturated rings. The van der Waals surface area contributed by atoms with Crippen molar-refractivity contribution < 1.29 is 9.84 Å². The van der Waals surface area contributed by atoms with Crippen molar-refractivity contribution in [1.82, 2.24) is 9.97 Å². The van der Waals surface area contributed by atoms with E-state index in [4.69, 9.17) is 15.1 Å². The van der Waals surface area contributed by atoms with Gasteiger partial charge in [-0.15, -0.1) is 0 Å². The summed E-state index contributed by atoms with van der Waals surface area (Å²) in [6.07, 6.45) is 0.527. The van der Waals surface area contributed by atoms with Gasteiger partial charge in [0.2, 0.25) is 0 Å². The van der Waals surface area contributed by atoms with Crippen molar-refractivity contribution in [3.05, 3.63) is 17.5 Å². The second kappa shape index (κ2) is 5.14. The van der Waals surface area contributed by atoms with Gasteiger partial charge >= 0.3 is 6.01 Å². The molecular weight excluding hydrogens is 182 g/mol. The molecule has 14 heavy (non-hydrogen) atoms. The molecule has 0 radical (unpaired) electrons. The van der Waals surface area contributed by atoms with E-state index in [0.29, 0.717) is 18.7 Å². The summed E-state index contributed by atoms with van der Waals surface area (Å²) in [5.41, 5.74) is 0.979. The Hall–Kier alpha value is -1.67. The first-order valence-corrected chi connectivity index (χ1v) is 4.25. The van der Waals surface area contributed by atoms with Crippen LogP contribution in [-0.2, 0) is 0 Å². The smallest absolute Gasteiger partial charge is 0.317 e. The Bertz CT molecular complexity index is 346. The van der Waals surface area contributed by atoms with Crippen molar-refractivity contribution in [1.29, 1.82) is 5.26 Å². The van der Waals surface area contributed by atoms with Crippen molar-refractivity contribution >= 4 is 0 Å². The Morgan fingerprint density at radius 1 is 1.57 bits per heavy atom. The Labute approximate surface area is 82.0 Å². The minimum Gasteiger partial charge on any atom is -0.463 e. The normalized spacial score (nSPS) is 9.50. The largest absolute Gasteiger partial charge is 0.463 e. The van der Waals surface area contributed by atoms with E-state index in [-0.39, 0.29) is 18.3 Å². The number of aliphatic hydroxyl groups excluding tert-OH is 1. The van der Waals surface area contributed by atoms with Gasteiger partial charge in [0.15, 0.2) is 0 Å². The first kappa shape index (κ1) is 10.4. The van der Waals surface area contributed by atoms with Crippen molar-refractivity contribution in [3.63, 3.8) is 0 Å². The zero-order valence-electron chi connectivity index (χ0n) is 7.90. The van der Waals surface area contributed by atoms with Crippen LogP contribution in [0.5, 0.6) is 6.01 Å². The maximum atomic E-state index is 8.62. The maximum Gasteiger partial charge on any atom is 0.317 e. The predicted molar refractivity (Wildman–Crippen MR) is 48.7 cm³/mol. The third kappa shape index (κ3) is 2.99. The van der Waals surface area contributed by atoms with E-state index in [2.05, 4.69) is 9.97 Å². The quantitative estimate of drug-likeness (QED) is 0.701. The molecule has 0 aliphatic heterocycles. The van der Waals surface area contributed by atoms with Gasteiger partial charge in [-0.25, -0.2) is 4.98 Å². The number of ether oxygens (including phenoxy) is 1. The average molecular weight is 193 g/mol. The third-order valence-electron chi connectivity index (χ3n) is 1.48. The molecule has 1 aromatic heterocycles. The second-order valence-electron chi connectivity index (χ2n) is 2.71. The van der Waals surface area contributed by atoms with Crippen LogP contribution in [0, 0.1) is 18.3 Å². The summed E-state index contributed by atoms with van der Waals surface area (Å²) in [5.74, 6) is 0. The number of hydrogen-bond donors (Lipinski definition) is 1. The Morgan fingerprint density at radius 2 is 2.36 bits per heavy atom. The number of aliphatic hydroxyl groups is 1. The highest BCUT2D eigenvalue weighted by Gasteiger charge is 2.01. The standard InChI is InChI=1S/C9H11N3O2/c1-7-5-8(6-10)12-9(11-7)14-4-2-3-13/h5,13H,2-4H2,1H3. The van der Waals surface area contributed by atoms with Crippen molar-refractivity contribution in [2.75, 3.05) is 13.2 Å². The summed E-state index contributed by atoms with van der Waals surface area (Å²) < 4.78 is 5.14.